The van der Waals surface area contributed by atoms with Crippen LogP contribution in [0.5, 0.6) is 0 Å². The van der Waals surface area contributed by atoms with Crippen LogP contribution in [0, 0.1) is 0 Å². The summed E-state index contributed by atoms with van der Waals surface area (Å²) in [7, 11) is 0. The highest BCUT2D eigenvalue weighted by Crippen LogP contribution is 2.19. The molecular weight excluding hydrogens is 228 g/mol. The van der Waals surface area contributed by atoms with Crippen LogP contribution < -0.4 is 5.32 Å². The molecule has 0 aromatic carbocycles. The SMILES string of the molecule is CCc1[nH]nc(Cl)c1C(=O)N1CCNCC1. The van der Waals surface area contributed by atoms with Gasteiger partial charge in [0.05, 0.1) is 5.56 Å². The molecule has 1 saturated heterocycles. The number of hydrogen-bond acceptors (Lipinski definition) is 3. The summed E-state index contributed by atoms with van der Waals surface area (Å²) in [5, 5.41) is 10.2. The summed E-state index contributed by atoms with van der Waals surface area (Å²) in [6.07, 6.45) is 0.729. The molecule has 16 heavy (non-hydrogen) atoms. The molecule has 1 aliphatic rings. The van der Waals surface area contributed by atoms with E-state index in [2.05, 4.69) is 15.5 Å². The number of piperazine rings is 1. The Kier molecular flexibility index (Phi) is 3.46. The van der Waals surface area contributed by atoms with Crippen LogP contribution >= 0.6 is 11.6 Å². The third-order valence-corrected chi connectivity index (χ3v) is 3.04. The van der Waals surface area contributed by atoms with Crippen molar-refractivity contribution in [2.24, 2.45) is 0 Å². The topological polar surface area (TPSA) is 61.0 Å². The van der Waals surface area contributed by atoms with Gasteiger partial charge in [-0.2, -0.15) is 5.10 Å². The van der Waals surface area contributed by atoms with Crippen molar-refractivity contribution < 1.29 is 4.79 Å². The fourth-order valence-corrected chi connectivity index (χ4v) is 2.09. The zero-order valence-electron chi connectivity index (χ0n) is 9.22. The van der Waals surface area contributed by atoms with Crippen LogP contribution in [0.4, 0.5) is 0 Å². The van der Waals surface area contributed by atoms with Crippen molar-refractivity contribution in [3.05, 3.63) is 16.4 Å². The number of halogens is 1. The van der Waals surface area contributed by atoms with Gasteiger partial charge in [-0.15, -0.1) is 0 Å². The second-order valence-corrected chi connectivity index (χ2v) is 4.12. The van der Waals surface area contributed by atoms with E-state index in [4.69, 9.17) is 11.6 Å². The van der Waals surface area contributed by atoms with Crippen LogP contribution in [-0.2, 0) is 6.42 Å². The standard InChI is InChI=1S/C10H15ClN4O/c1-2-7-8(9(11)14-13-7)10(16)15-5-3-12-4-6-15/h12H,2-6H2,1H3,(H,13,14). The largest absolute Gasteiger partial charge is 0.336 e. The average molecular weight is 243 g/mol. The summed E-state index contributed by atoms with van der Waals surface area (Å²) in [5.41, 5.74) is 1.35. The molecule has 0 aliphatic carbocycles. The third kappa shape index (κ3) is 2.05. The molecule has 0 radical (unpaired) electrons. The van der Waals surface area contributed by atoms with E-state index in [-0.39, 0.29) is 11.1 Å². The number of nitrogens with zero attached hydrogens (tertiary/aromatic N) is 2. The quantitative estimate of drug-likeness (QED) is 0.802. The normalized spacial score (nSPS) is 16.5. The molecule has 1 fully saturated rings. The van der Waals surface area contributed by atoms with E-state index in [1.807, 2.05) is 11.8 Å². The van der Waals surface area contributed by atoms with Gasteiger partial charge >= 0.3 is 0 Å². The van der Waals surface area contributed by atoms with Crippen LogP contribution in [0.3, 0.4) is 0 Å². The van der Waals surface area contributed by atoms with Gasteiger partial charge in [-0.1, -0.05) is 18.5 Å². The highest BCUT2D eigenvalue weighted by atomic mass is 35.5. The molecule has 88 valence electrons. The Bertz CT molecular complexity index is 384. The molecule has 1 aliphatic heterocycles. The van der Waals surface area contributed by atoms with E-state index < -0.39 is 0 Å². The van der Waals surface area contributed by atoms with Gasteiger partial charge in [-0.25, -0.2) is 0 Å². The minimum atomic E-state index is -0.0166. The number of rotatable bonds is 2. The Morgan fingerprint density at radius 3 is 2.81 bits per heavy atom. The third-order valence-electron chi connectivity index (χ3n) is 2.77. The number of nitrogens with one attached hydrogen (secondary N) is 2. The maximum atomic E-state index is 12.2. The number of aryl methyl sites for hydroxylation is 1. The first-order valence-corrected chi connectivity index (χ1v) is 5.84. The Morgan fingerprint density at radius 1 is 1.50 bits per heavy atom. The Morgan fingerprint density at radius 2 is 2.19 bits per heavy atom. The summed E-state index contributed by atoms with van der Waals surface area (Å²) in [5.74, 6) is -0.0166. The van der Waals surface area contributed by atoms with Crippen molar-refractivity contribution in [1.82, 2.24) is 20.4 Å². The summed E-state index contributed by atoms with van der Waals surface area (Å²) in [6, 6.07) is 0. The van der Waals surface area contributed by atoms with E-state index in [1.165, 1.54) is 0 Å². The predicted octanol–water partition coefficient (Wildman–Crippen LogP) is 0.671. The van der Waals surface area contributed by atoms with Crippen molar-refractivity contribution in [3.63, 3.8) is 0 Å². The second kappa shape index (κ2) is 4.84. The molecule has 0 saturated carbocycles. The lowest BCUT2D eigenvalue weighted by Crippen LogP contribution is -2.46. The van der Waals surface area contributed by atoms with Crippen molar-refractivity contribution in [2.75, 3.05) is 26.2 Å². The van der Waals surface area contributed by atoms with Gasteiger partial charge in [0.15, 0.2) is 5.15 Å². The van der Waals surface area contributed by atoms with Crippen LogP contribution in [0.25, 0.3) is 0 Å². The molecule has 2 rings (SSSR count). The van der Waals surface area contributed by atoms with Gasteiger partial charge in [0, 0.05) is 31.9 Å². The summed E-state index contributed by atoms with van der Waals surface area (Å²) < 4.78 is 0. The van der Waals surface area contributed by atoms with Gasteiger partial charge < -0.3 is 10.2 Å². The number of aromatic nitrogens is 2. The monoisotopic (exact) mass is 242 g/mol. The van der Waals surface area contributed by atoms with E-state index >= 15 is 0 Å². The maximum absolute atomic E-state index is 12.2. The van der Waals surface area contributed by atoms with Crippen molar-refractivity contribution in [2.45, 2.75) is 13.3 Å². The maximum Gasteiger partial charge on any atom is 0.258 e. The molecule has 1 aromatic heterocycles. The Hall–Kier alpha value is -1.07. The van der Waals surface area contributed by atoms with Crippen molar-refractivity contribution in [3.8, 4) is 0 Å². The van der Waals surface area contributed by atoms with E-state index in [1.54, 1.807) is 0 Å². The van der Waals surface area contributed by atoms with Crippen molar-refractivity contribution in [1.29, 1.82) is 0 Å². The number of amides is 1. The fraction of sp³-hybridized carbons (Fsp3) is 0.600. The fourth-order valence-electron chi connectivity index (χ4n) is 1.85. The lowest BCUT2D eigenvalue weighted by atomic mass is 10.1. The first-order valence-electron chi connectivity index (χ1n) is 5.46. The number of H-pyrrole nitrogens is 1. The van der Waals surface area contributed by atoms with E-state index in [9.17, 15) is 4.79 Å². The first-order chi connectivity index (χ1) is 7.74. The molecule has 0 atom stereocenters. The summed E-state index contributed by atoms with van der Waals surface area (Å²) in [6.45, 7) is 5.09. The molecule has 0 unspecified atom stereocenters. The predicted molar refractivity (Wildman–Crippen MR) is 61.7 cm³/mol. The van der Waals surface area contributed by atoms with Crippen LogP contribution in [0.15, 0.2) is 0 Å². The number of carbonyl (C=O) groups excluding carboxylic acids is 1. The number of aromatic amines is 1. The number of carbonyl (C=O) groups is 1. The molecule has 1 aromatic rings. The number of hydrogen-bond donors (Lipinski definition) is 2. The van der Waals surface area contributed by atoms with Crippen LogP contribution in [-0.4, -0.2) is 47.2 Å². The summed E-state index contributed by atoms with van der Waals surface area (Å²) >= 11 is 5.93. The van der Waals surface area contributed by atoms with Crippen LogP contribution in [0.1, 0.15) is 23.0 Å². The zero-order valence-corrected chi connectivity index (χ0v) is 9.97. The van der Waals surface area contributed by atoms with Gasteiger partial charge in [0.2, 0.25) is 0 Å². The Balaban J connectivity index is 2.21. The lowest BCUT2D eigenvalue weighted by molar-refractivity contribution is 0.0735. The molecule has 5 nitrogen and oxygen atoms in total. The summed E-state index contributed by atoms with van der Waals surface area (Å²) in [4.78, 5) is 14.0. The van der Waals surface area contributed by atoms with Gasteiger partial charge in [-0.05, 0) is 6.42 Å². The second-order valence-electron chi connectivity index (χ2n) is 3.76. The molecular formula is C10H15ClN4O. The Labute approximate surface area is 99.2 Å². The van der Waals surface area contributed by atoms with E-state index in [0.717, 1.165) is 38.3 Å². The smallest absolute Gasteiger partial charge is 0.258 e. The van der Waals surface area contributed by atoms with E-state index in [0.29, 0.717) is 5.56 Å². The minimum Gasteiger partial charge on any atom is -0.336 e. The molecule has 0 spiro atoms. The van der Waals surface area contributed by atoms with Crippen LogP contribution in [0.2, 0.25) is 5.15 Å². The molecule has 0 bridgehead atoms. The zero-order chi connectivity index (χ0) is 11.5. The van der Waals surface area contributed by atoms with Gasteiger partial charge in [0.1, 0.15) is 0 Å². The van der Waals surface area contributed by atoms with Gasteiger partial charge in [-0.3, -0.25) is 9.89 Å². The molecule has 2 heterocycles. The highest BCUT2D eigenvalue weighted by molar-refractivity contribution is 6.32. The highest BCUT2D eigenvalue weighted by Gasteiger charge is 2.24. The lowest BCUT2D eigenvalue weighted by Gasteiger charge is -2.27. The van der Waals surface area contributed by atoms with Crippen molar-refractivity contribution >= 4 is 17.5 Å². The average Bonchev–Trinajstić information content (AvgIpc) is 2.70. The molecule has 6 heteroatoms. The minimum absolute atomic E-state index is 0.0166. The van der Waals surface area contributed by atoms with Gasteiger partial charge in [0.25, 0.3) is 5.91 Å². The molecule has 1 amide bonds. The first kappa shape index (κ1) is 11.4. The molecule has 2 N–H and O–H groups in total.